The molecule has 0 bridgehead atoms. The lowest BCUT2D eigenvalue weighted by Gasteiger charge is -2.21. The second-order valence-corrected chi connectivity index (χ2v) is 3.60. The Balaban J connectivity index is 4.62. The monoisotopic (exact) mass is 246 g/mol. The van der Waals surface area contributed by atoms with E-state index >= 15 is 0 Å². The van der Waals surface area contributed by atoms with Gasteiger partial charge in [0.15, 0.2) is 5.60 Å². The molecule has 17 heavy (non-hydrogen) atoms. The SMILES string of the molecule is CCNC(=O)CC(O)(CC(=O)NCC)C(=O)O. The van der Waals surface area contributed by atoms with Gasteiger partial charge < -0.3 is 20.8 Å². The number of carbonyl (C=O) groups excluding carboxylic acids is 2. The van der Waals surface area contributed by atoms with Crippen molar-refractivity contribution in [2.45, 2.75) is 32.3 Å². The summed E-state index contributed by atoms with van der Waals surface area (Å²) in [5, 5.41) is 23.4. The Morgan fingerprint density at radius 3 is 1.59 bits per heavy atom. The van der Waals surface area contributed by atoms with Gasteiger partial charge in [-0.25, -0.2) is 4.79 Å². The number of carboxylic acids is 1. The molecule has 4 N–H and O–H groups in total. The fourth-order valence-electron chi connectivity index (χ4n) is 1.26. The average Bonchev–Trinajstić information content (AvgIpc) is 2.17. The van der Waals surface area contributed by atoms with E-state index in [1.165, 1.54) is 0 Å². The fourth-order valence-corrected chi connectivity index (χ4v) is 1.26. The summed E-state index contributed by atoms with van der Waals surface area (Å²) in [5.74, 6) is -2.81. The van der Waals surface area contributed by atoms with Gasteiger partial charge in [0, 0.05) is 13.1 Å². The van der Waals surface area contributed by atoms with E-state index in [2.05, 4.69) is 10.6 Å². The van der Waals surface area contributed by atoms with Crippen molar-refractivity contribution in [3.05, 3.63) is 0 Å². The Morgan fingerprint density at radius 2 is 1.35 bits per heavy atom. The van der Waals surface area contributed by atoms with Crippen LogP contribution in [0.3, 0.4) is 0 Å². The van der Waals surface area contributed by atoms with Gasteiger partial charge in [-0.15, -0.1) is 0 Å². The van der Waals surface area contributed by atoms with Crippen LogP contribution in [-0.4, -0.2) is 46.7 Å². The molecule has 0 aromatic carbocycles. The largest absolute Gasteiger partial charge is 0.479 e. The van der Waals surface area contributed by atoms with E-state index in [-0.39, 0.29) is 0 Å². The molecule has 7 nitrogen and oxygen atoms in total. The minimum Gasteiger partial charge on any atom is -0.479 e. The molecule has 0 aromatic rings. The van der Waals surface area contributed by atoms with Gasteiger partial charge in [-0.05, 0) is 13.8 Å². The fraction of sp³-hybridized carbons (Fsp3) is 0.700. The van der Waals surface area contributed by atoms with Crippen molar-refractivity contribution in [3.8, 4) is 0 Å². The zero-order valence-corrected chi connectivity index (χ0v) is 9.95. The van der Waals surface area contributed by atoms with E-state index in [0.717, 1.165) is 0 Å². The van der Waals surface area contributed by atoms with E-state index in [0.29, 0.717) is 13.1 Å². The van der Waals surface area contributed by atoms with Crippen LogP contribution in [0.25, 0.3) is 0 Å². The number of nitrogens with one attached hydrogen (secondary N) is 2. The standard InChI is InChI=1S/C10H18N2O5/c1-3-11-7(13)5-10(17,9(15)16)6-8(14)12-4-2/h17H,3-6H2,1-2H3,(H,11,13)(H,12,14)(H,15,16). The first-order valence-corrected chi connectivity index (χ1v) is 5.35. The van der Waals surface area contributed by atoms with Gasteiger partial charge >= 0.3 is 5.97 Å². The van der Waals surface area contributed by atoms with E-state index in [9.17, 15) is 19.5 Å². The molecule has 0 radical (unpaired) electrons. The van der Waals surface area contributed by atoms with Crippen LogP contribution in [0.2, 0.25) is 0 Å². The molecule has 0 aliphatic rings. The number of aliphatic hydroxyl groups is 1. The third-order valence-corrected chi connectivity index (χ3v) is 2.05. The number of carboxylic acid groups (broad SMARTS) is 1. The first-order chi connectivity index (χ1) is 7.85. The molecule has 0 saturated heterocycles. The van der Waals surface area contributed by atoms with Crippen molar-refractivity contribution in [1.82, 2.24) is 10.6 Å². The maximum atomic E-state index is 11.2. The minimum absolute atomic E-state index is 0.329. The molecule has 98 valence electrons. The summed E-state index contributed by atoms with van der Waals surface area (Å²) in [4.78, 5) is 33.4. The predicted molar refractivity (Wildman–Crippen MR) is 59.2 cm³/mol. The summed E-state index contributed by atoms with van der Waals surface area (Å²) in [5.41, 5.74) is -2.36. The number of amides is 2. The van der Waals surface area contributed by atoms with Crippen LogP contribution in [0, 0.1) is 0 Å². The third-order valence-electron chi connectivity index (χ3n) is 2.05. The number of hydrogen-bond acceptors (Lipinski definition) is 4. The van der Waals surface area contributed by atoms with Crippen molar-refractivity contribution in [2.75, 3.05) is 13.1 Å². The molecule has 0 unspecified atom stereocenters. The number of rotatable bonds is 7. The first-order valence-electron chi connectivity index (χ1n) is 5.35. The normalized spacial score (nSPS) is 10.8. The molecule has 0 fully saturated rings. The van der Waals surface area contributed by atoms with Crippen LogP contribution in [0.1, 0.15) is 26.7 Å². The molecule has 0 spiro atoms. The summed E-state index contributed by atoms with van der Waals surface area (Å²) < 4.78 is 0. The molecular weight excluding hydrogens is 228 g/mol. The van der Waals surface area contributed by atoms with E-state index in [1.807, 2.05) is 0 Å². The van der Waals surface area contributed by atoms with Crippen LogP contribution in [-0.2, 0) is 14.4 Å². The molecule has 0 aromatic heterocycles. The Kier molecular flexibility index (Phi) is 6.19. The highest BCUT2D eigenvalue weighted by atomic mass is 16.4. The van der Waals surface area contributed by atoms with E-state index in [4.69, 9.17) is 5.11 Å². The Labute approximate surface area is 99.2 Å². The lowest BCUT2D eigenvalue weighted by molar-refractivity contribution is -0.164. The molecule has 0 rings (SSSR count). The van der Waals surface area contributed by atoms with Gasteiger partial charge in [0.05, 0.1) is 12.8 Å². The van der Waals surface area contributed by atoms with E-state index < -0.39 is 36.2 Å². The van der Waals surface area contributed by atoms with Gasteiger partial charge in [0.2, 0.25) is 11.8 Å². The summed E-state index contributed by atoms with van der Waals surface area (Å²) in [6.45, 7) is 3.99. The predicted octanol–water partition coefficient (Wildman–Crippen LogP) is -1.15. The lowest BCUT2D eigenvalue weighted by Crippen LogP contribution is -2.47. The minimum atomic E-state index is -2.36. The van der Waals surface area contributed by atoms with Gasteiger partial charge in [-0.1, -0.05) is 0 Å². The second kappa shape index (κ2) is 6.85. The molecule has 0 atom stereocenters. The third kappa shape index (κ3) is 5.30. The topological polar surface area (TPSA) is 116 Å². The number of aliphatic carboxylic acids is 1. The zero-order chi connectivity index (χ0) is 13.5. The van der Waals surface area contributed by atoms with Crippen molar-refractivity contribution in [2.24, 2.45) is 0 Å². The summed E-state index contributed by atoms with van der Waals surface area (Å²) >= 11 is 0. The van der Waals surface area contributed by atoms with Gasteiger partial charge in [0.1, 0.15) is 0 Å². The van der Waals surface area contributed by atoms with Crippen molar-refractivity contribution in [1.29, 1.82) is 0 Å². The maximum Gasteiger partial charge on any atom is 0.336 e. The van der Waals surface area contributed by atoms with Crippen molar-refractivity contribution >= 4 is 17.8 Å². The molecule has 2 amide bonds. The van der Waals surface area contributed by atoms with Crippen molar-refractivity contribution < 1.29 is 24.6 Å². The van der Waals surface area contributed by atoms with Gasteiger partial charge in [-0.3, -0.25) is 9.59 Å². The van der Waals surface area contributed by atoms with Gasteiger partial charge in [-0.2, -0.15) is 0 Å². The van der Waals surface area contributed by atoms with Crippen LogP contribution in [0.5, 0.6) is 0 Å². The molecule has 0 saturated carbocycles. The highest BCUT2D eigenvalue weighted by molar-refractivity contribution is 5.91. The Hall–Kier alpha value is -1.63. The van der Waals surface area contributed by atoms with Crippen molar-refractivity contribution in [3.63, 3.8) is 0 Å². The number of carbonyl (C=O) groups is 3. The summed E-state index contributed by atoms with van der Waals surface area (Å²) in [7, 11) is 0. The Bertz CT molecular complexity index is 283. The molecule has 0 heterocycles. The quantitative estimate of drug-likeness (QED) is 0.453. The number of hydrogen-bond donors (Lipinski definition) is 4. The molecule has 0 aliphatic heterocycles. The smallest absolute Gasteiger partial charge is 0.336 e. The zero-order valence-electron chi connectivity index (χ0n) is 9.95. The van der Waals surface area contributed by atoms with Crippen LogP contribution in [0.15, 0.2) is 0 Å². The molecule has 0 aliphatic carbocycles. The van der Waals surface area contributed by atoms with Crippen LogP contribution >= 0.6 is 0 Å². The summed E-state index contributed by atoms with van der Waals surface area (Å²) in [6.07, 6.45) is -1.29. The molecule has 7 heteroatoms. The highest BCUT2D eigenvalue weighted by Crippen LogP contribution is 2.15. The maximum absolute atomic E-state index is 11.2. The van der Waals surface area contributed by atoms with Crippen LogP contribution < -0.4 is 10.6 Å². The van der Waals surface area contributed by atoms with Crippen LogP contribution in [0.4, 0.5) is 0 Å². The highest BCUT2D eigenvalue weighted by Gasteiger charge is 2.40. The lowest BCUT2D eigenvalue weighted by atomic mass is 9.94. The average molecular weight is 246 g/mol. The second-order valence-electron chi connectivity index (χ2n) is 3.60. The van der Waals surface area contributed by atoms with E-state index in [1.54, 1.807) is 13.8 Å². The van der Waals surface area contributed by atoms with Gasteiger partial charge in [0.25, 0.3) is 0 Å². The summed E-state index contributed by atoms with van der Waals surface area (Å²) in [6, 6.07) is 0. The first kappa shape index (κ1) is 15.4. The molecular formula is C10H18N2O5. The Morgan fingerprint density at radius 1 is 1.00 bits per heavy atom.